The molecule has 0 amide bonds. The molecular formula is C17H23FN4S. The first-order valence-electron chi connectivity index (χ1n) is 7.77. The molecule has 2 aromatic rings. The van der Waals surface area contributed by atoms with Gasteiger partial charge in [0.15, 0.2) is 5.96 Å². The lowest BCUT2D eigenvalue weighted by molar-refractivity contribution is 0.625. The number of halogens is 1. The lowest BCUT2D eigenvalue weighted by Crippen LogP contribution is -2.38. The third-order valence-electron chi connectivity index (χ3n) is 3.38. The van der Waals surface area contributed by atoms with Crippen LogP contribution < -0.4 is 10.6 Å². The number of nitrogens with zero attached hydrogens (tertiary/aromatic N) is 2. The van der Waals surface area contributed by atoms with E-state index < -0.39 is 0 Å². The topological polar surface area (TPSA) is 49.3 Å². The van der Waals surface area contributed by atoms with Crippen LogP contribution in [0.15, 0.2) is 29.4 Å². The van der Waals surface area contributed by atoms with Crippen LogP contribution in [0.3, 0.4) is 0 Å². The van der Waals surface area contributed by atoms with Gasteiger partial charge in [-0.3, -0.25) is 0 Å². The van der Waals surface area contributed by atoms with Crippen LogP contribution in [0.2, 0.25) is 0 Å². The summed E-state index contributed by atoms with van der Waals surface area (Å²) >= 11 is 1.66. The van der Waals surface area contributed by atoms with E-state index in [9.17, 15) is 4.39 Å². The van der Waals surface area contributed by atoms with Crippen LogP contribution in [0.25, 0.3) is 0 Å². The highest BCUT2D eigenvalue weighted by Crippen LogP contribution is 2.12. The Morgan fingerprint density at radius 3 is 2.78 bits per heavy atom. The molecule has 124 valence electrons. The minimum Gasteiger partial charge on any atom is -0.357 e. The van der Waals surface area contributed by atoms with Crippen molar-refractivity contribution in [3.8, 4) is 0 Å². The summed E-state index contributed by atoms with van der Waals surface area (Å²) in [6.45, 7) is 8.13. The first kappa shape index (κ1) is 17.4. The van der Waals surface area contributed by atoms with Gasteiger partial charge in [-0.25, -0.2) is 14.4 Å². The van der Waals surface area contributed by atoms with Crippen molar-refractivity contribution in [2.45, 2.75) is 33.7 Å². The van der Waals surface area contributed by atoms with E-state index in [-0.39, 0.29) is 5.82 Å². The number of aryl methyl sites for hydroxylation is 2. The number of hydrogen-bond donors (Lipinski definition) is 2. The number of guanidine groups is 1. The van der Waals surface area contributed by atoms with Crippen LogP contribution in [0.4, 0.5) is 4.39 Å². The average Bonchev–Trinajstić information content (AvgIpc) is 2.92. The van der Waals surface area contributed by atoms with Gasteiger partial charge in [0, 0.05) is 24.2 Å². The fourth-order valence-corrected chi connectivity index (χ4v) is 2.93. The maximum absolute atomic E-state index is 13.1. The van der Waals surface area contributed by atoms with E-state index in [0.717, 1.165) is 41.6 Å². The first-order valence-corrected chi connectivity index (χ1v) is 8.58. The molecule has 0 saturated carbocycles. The van der Waals surface area contributed by atoms with Crippen molar-refractivity contribution in [2.24, 2.45) is 4.99 Å². The molecule has 0 aliphatic rings. The van der Waals surface area contributed by atoms with Crippen molar-refractivity contribution in [3.05, 3.63) is 51.2 Å². The average molecular weight is 334 g/mol. The maximum atomic E-state index is 13.1. The number of nitrogens with one attached hydrogen (secondary N) is 2. The number of thiazole rings is 1. The van der Waals surface area contributed by atoms with E-state index >= 15 is 0 Å². The number of aromatic nitrogens is 1. The fourth-order valence-electron chi connectivity index (χ4n) is 2.22. The van der Waals surface area contributed by atoms with Crippen LogP contribution in [0.5, 0.6) is 0 Å². The van der Waals surface area contributed by atoms with Crippen LogP contribution >= 0.6 is 11.3 Å². The minimum absolute atomic E-state index is 0.187. The second-order valence-corrected chi connectivity index (χ2v) is 6.63. The van der Waals surface area contributed by atoms with Gasteiger partial charge in [0.25, 0.3) is 0 Å². The Kier molecular flexibility index (Phi) is 6.52. The summed E-state index contributed by atoms with van der Waals surface area (Å²) < 4.78 is 13.1. The largest absolute Gasteiger partial charge is 0.357 e. The third-order valence-corrected chi connectivity index (χ3v) is 4.27. The molecule has 0 atom stereocenters. The second-order valence-electron chi connectivity index (χ2n) is 5.31. The summed E-state index contributed by atoms with van der Waals surface area (Å²) in [5.41, 5.74) is 2.12. The molecule has 1 aromatic carbocycles. The molecule has 0 unspecified atom stereocenters. The summed E-state index contributed by atoms with van der Waals surface area (Å²) in [5, 5.41) is 7.54. The van der Waals surface area contributed by atoms with Crippen LogP contribution in [-0.2, 0) is 13.0 Å². The molecular weight excluding hydrogens is 311 g/mol. The Balaban J connectivity index is 1.88. The van der Waals surface area contributed by atoms with Crippen molar-refractivity contribution >= 4 is 17.3 Å². The lowest BCUT2D eigenvalue weighted by Gasteiger charge is -2.12. The summed E-state index contributed by atoms with van der Waals surface area (Å²) in [6, 6.07) is 4.92. The second kappa shape index (κ2) is 8.62. The highest BCUT2D eigenvalue weighted by molar-refractivity contribution is 7.11. The number of hydrogen-bond acceptors (Lipinski definition) is 3. The summed E-state index contributed by atoms with van der Waals surface area (Å²) in [4.78, 5) is 10.1. The predicted molar refractivity (Wildman–Crippen MR) is 94.5 cm³/mol. The number of rotatable bonds is 6. The zero-order chi connectivity index (χ0) is 16.7. The Bertz CT molecular complexity index is 666. The van der Waals surface area contributed by atoms with Crippen LogP contribution in [0.1, 0.15) is 27.9 Å². The minimum atomic E-state index is -0.187. The fraction of sp³-hybridized carbons (Fsp3) is 0.412. The smallest absolute Gasteiger partial charge is 0.191 e. The molecule has 0 bridgehead atoms. The molecule has 6 heteroatoms. The zero-order valence-corrected chi connectivity index (χ0v) is 14.6. The third kappa shape index (κ3) is 5.63. The molecule has 1 heterocycles. The molecule has 0 aliphatic carbocycles. The molecule has 0 aliphatic heterocycles. The Labute approximate surface area is 140 Å². The summed E-state index contributed by atoms with van der Waals surface area (Å²) in [5.74, 6) is 0.591. The van der Waals surface area contributed by atoms with Gasteiger partial charge in [0.2, 0.25) is 0 Å². The molecule has 2 rings (SSSR count). The van der Waals surface area contributed by atoms with E-state index in [1.807, 2.05) is 33.0 Å². The van der Waals surface area contributed by atoms with Gasteiger partial charge in [-0.1, -0.05) is 6.07 Å². The number of benzene rings is 1. The Morgan fingerprint density at radius 2 is 2.13 bits per heavy atom. The van der Waals surface area contributed by atoms with Crippen molar-refractivity contribution in [3.63, 3.8) is 0 Å². The van der Waals surface area contributed by atoms with Gasteiger partial charge < -0.3 is 10.6 Å². The molecule has 0 radical (unpaired) electrons. The lowest BCUT2D eigenvalue weighted by atomic mass is 10.1. The van der Waals surface area contributed by atoms with E-state index in [1.165, 1.54) is 10.9 Å². The van der Waals surface area contributed by atoms with Gasteiger partial charge >= 0.3 is 0 Å². The van der Waals surface area contributed by atoms with E-state index in [4.69, 9.17) is 0 Å². The van der Waals surface area contributed by atoms with Crippen molar-refractivity contribution in [1.29, 1.82) is 0 Å². The molecule has 2 N–H and O–H groups in total. The number of aliphatic imine (C=N–C) groups is 1. The van der Waals surface area contributed by atoms with Gasteiger partial charge in [0.05, 0.1) is 6.54 Å². The monoisotopic (exact) mass is 334 g/mol. The molecule has 0 saturated heterocycles. The van der Waals surface area contributed by atoms with Crippen LogP contribution in [0, 0.1) is 19.7 Å². The SMILES string of the molecule is CCNC(=NCc1ncc(C)s1)NCCc1ccc(F)cc1C. The van der Waals surface area contributed by atoms with Crippen molar-refractivity contribution < 1.29 is 4.39 Å². The molecule has 0 fully saturated rings. The van der Waals surface area contributed by atoms with Gasteiger partial charge in [-0.15, -0.1) is 11.3 Å². The van der Waals surface area contributed by atoms with Gasteiger partial charge in [0.1, 0.15) is 10.8 Å². The molecule has 4 nitrogen and oxygen atoms in total. The van der Waals surface area contributed by atoms with E-state index in [2.05, 4.69) is 20.6 Å². The quantitative estimate of drug-likeness (QED) is 0.630. The predicted octanol–water partition coefficient (Wildman–Crippen LogP) is 3.20. The summed E-state index contributed by atoms with van der Waals surface area (Å²) in [6.07, 6.45) is 2.69. The standard InChI is InChI=1S/C17H23FN4S/c1-4-19-17(22-11-16-21-10-13(3)23-16)20-8-7-14-5-6-15(18)9-12(14)2/h5-6,9-10H,4,7-8,11H2,1-3H3,(H2,19,20,22). The van der Waals surface area contributed by atoms with Crippen molar-refractivity contribution in [1.82, 2.24) is 15.6 Å². The highest BCUT2D eigenvalue weighted by Gasteiger charge is 2.03. The Morgan fingerprint density at radius 1 is 1.30 bits per heavy atom. The maximum Gasteiger partial charge on any atom is 0.191 e. The normalized spacial score (nSPS) is 11.6. The summed E-state index contributed by atoms with van der Waals surface area (Å²) in [7, 11) is 0. The first-order chi connectivity index (χ1) is 11.1. The van der Waals surface area contributed by atoms with Gasteiger partial charge in [-0.05, 0) is 50.5 Å². The van der Waals surface area contributed by atoms with E-state index in [1.54, 1.807) is 17.4 Å². The van der Waals surface area contributed by atoms with Crippen molar-refractivity contribution in [2.75, 3.05) is 13.1 Å². The molecule has 23 heavy (non-hydrogen) atoms. The highest BCUT2D eigenvalue weighted by atomic mass is 32.1. The molecule has 1 aromatic heterocycles. The Hall–Kier alpha value is -1.95. The molecule has 0 spiro atoms. The van der Waals surface area contributed by atoms with E-state index in [0.29, 0.717) is 6.54 Å². The zero-order valence-electron chi connectivity index (χ0n) is 13.8. The van der Waals surface area contributed by atoms with Gasteiger partial charge in [-0.2, -0.15) is 0 Å². The van der Waals surface area contributed by atoms with Crippen LogP contribution in [-0.4, -0.2) is 24.0 Å².